The van der Waals surface area contributed by atoms with Gasteiger partial charge in [-0.25, -0.2) is 18.7 Å². The summed E-state index contributed by atoms with van der Waals surface area (Å²) in [6.07, 6.45) is 4.77. The fourth-order valence-corrected chi connectivity index (χ4v) is 3.79. The maximum atomic E-state index is 13.3. The van der Waals surface area contributed by atoms with E-state index in [1.165, 1.54) is 53.7 Å². The number of methoxy groups -OCH3 is 1. The Kier molecular flexibility index (Phi) is 5.95. The van der Waals surface area contributed by atoms with Crippen LogP contribution in [0.1, 0.15) is 30.4 Å². The van der Waals surface area contributed by atoms with Gasteiger partial charge < -0.3 is 14.0 Å². The van der Waals surface area contributed by atoms with Crippen LogP contribution in [0.15, 0.2) is 66.4 Å². The number of ether oxygens (including phenoxy) is 2. The zero-order valence-corrected chi connectivity index (χ0v) is 17.5. The standard InChI is InChI=1S/C22H16FN3O5S/c1-30-22(29)19-10-14(13-32-19)18(27)12-31-21(28)17-11-24-26(16-6-4-15(23)5-7-16)20(17)25-8-2-3-9-25/h2-11,13H,12H2,1H3. The number of thiophene rings is 1. The molecule has 0 atom stereocenters. The number of Topliss-reactive ketones (excluding diaryl/α,β-unsaturated/α-hetero) is 1. The van der Waals surface area contributed by atoms with Crippen molar-refractivity contribution in [3.8, 4) is 11.5 Å². The average Bonchev–Trinajstić information content (AvgIpc) is 3.57. The molecule has 32 heavy (non-hydrogen) atoms. The minimum Gasteiger partial charge on any atom is -0.465 e. The van der Waals surface area contributed by atoms with Gasteiger partial charge in [0.25, 0.3) is 0 Å². The van der Waals surface area contributed by atoms with Gasteiger partial charge in [-0.2, -0.15) is 5.10 Å². The molecular weight excluding hydrogens is 437 g/mol. The lowest BCUT2D eigenvalue weighted by Crippen LogP contribution is -2.16. The van der Waals surface area contributed by atoms with Crippen molar-refractivity contribution in [3.63, 3.8) is 0 Å². The van der Waals surface area contributed by atoms with Gasteiger partial charge in [0.05, 0.1) is 19.0 Å². The highest BCUT2D eigenvalue weighted by molar-refractivity contribution is 7.12. The normalized spacial score (nSPS) is 10.7. The molecule has 162 valence electrons. The van der Waals surface area contributed by atoms with Crippen LogP contribution in [0.25, 0.3) is 11.5 Å². The molecule has 0 radical (unpaired) electrons. The highest BCUT2D eigenvalue weighted by atomic mass is 32.1. The number of halogens is 1. The number of hydrogen-bond acceptors (Lipinski definition) is 7. The summed E-state index contributed by atoms with van der Waals surface area (Å²) in [5.41, 5.74) is 0.911. The second-order valence-corrected chi connectivity index (χ2v) is 7.46. The highest BCUT2D eigenvalue weighted by Crippen LogP contribution is 2.21. The van der Waals surface area contributed by atoms with Crippen LogP contribution in [0.5, 0.6) is 0 Å². The Hall–Kier alpha value is -4.05. The molecule has 3 heterocycles. The van der Waals surface area contributed by atoms with Crippen molar-refractivity contribution in [2.24, 2.45) is 0 Å². The van der Waals surface area contributed by atoms with Crippen LogP contribution < -0.4 is 0 Å². The number of hydrogen-bond donors (Lipinski definition) is 0. The fraction of sp³-hybridized carbons (Fsp3) is 0.0909. The van der Waals surface area contributed by atoms with E-state index >= 15 is 0 Å². The smallest absolute Gasteiger partial charge is 0.348 e. The van der Waals surface area contributed by atoms with Crippen molar-refractivity contribution >= 4 is 29.1 Å². The summed E-state index contributed by atoms with van der Waals surface area (Å²) < 4.78 is 26.3. The number of esters is 2. The molecule has 0 N–H and O–H groups in total. The van der Waals surface area contributed by atoms with E-state index in [1.807, 2.05) is 0 Å². The molecule has 4 aromatic rings. The van der Waals surface area contributed by atoms with Gasteiger partial charge in [-0.05, 0) is 42.5 Å². The number of carbonyl (C=O) groups excluding carboxylic acids is 3. The van der Waals surface area contributed by atoms with E-state index in [2.05, 4.69) is 9.84 Å². The van der Waals surface area contributed by atoms with E-state index in [1.54, 1.807) is 29.1 Å². The van der Waals surface area contributed by atoms with Gasteiger partial charge >= 0.3 is 11.9 Å². The lowest BCUT2D eigenvalue weighted by Gasteiger charge is -2.11. The first-order valence-corrected chi connectivity index (χ1v) is 10.2. The third-order valence-corrected chi connectivity index (χ3v) is 5.44. The summed E-state index contributed by atoms with van der Waals surface area (Å²) in [6.45, 7) is -0.511. The first-order chi connectivity index (χ1) is 15.5. The van der Waals surface area contributed by atoms with Crippen LogP contribution in [0.2, 0.25) is 0 Å². The van der Waals surface area contributed by atoms with E-state index in [-0.39, 0.29) is 16.0 Å². The summed E-state index contributed by atoms with van der Waals surface area (Å²) >= 11 is 1.06. The molecule has 0 saturated carbocycles. The molecule has 10 heteroatoms. The SMILES string of the molecule is COC(=O)c1cc(C(=O)COC(=O)c2cnn(-c3ccc(F)cc3)c2-n2cccc2)cs1. The zero-order chi connectivity index (χ0) is 22.7. The van der Waals surface area contributed by atoms with Crippen LogP contribution in [-0.4, -0.2) is 45.8 Å². The van der Waals surface area contributed by atoms with E-state index in [0.717, 1.165) is 11.3 Å². The second-order valence-electron chi connectivity index (χ2n) is 6.55. The molecule has 1 aromatic carbocycles. The molecule has 3 aromatic heterocycles. The van der Waals surface area contributed by atoms with E-state index < -0.39 is 30.1 Å². The van der Waals surface area contributed by atoms with Crippen molar-refractivity contribution in [3.05, 3.63) is 88.3 Å². The van der Waals surface area contributed by atoms with Crippen molar-refractivity contribution in [1.82, 2.24) is 14.3 Å². The number of rotatable bonds is 7. The molecule has 0 fully saturated rings. The van der Waals surface area contributed by atoms with Crippen LogP contribution >= 0.6 is 11.3 Å². The van der Waals surface area contributed by atoms with Gasteiger partial charge in [-0.3, -0.25) is 4.79 Å². The molecule has 0 unspecified atom stereocenters. The third kappa shape index (κ3) is 4.21. The maximum absolute atomic E-state index is 13.3. The zero-order valence-electron chi connectivity index (χ0n) is 16.7. The molecular formula is C22H16FN3O5S. The monoisotopic (exact) mass is 453 g/mol. The Bertz CT molecular complexity index is 1280. The Morgan fingerprint density at radius 1 is 1.09 bits per heavy atom. The molecule has 0 spiro atoms. The van der Waals surface area contributed by atoms with Crippen LogP contribution in [0.4, 0.5) is 4.39 Å². The average molecular weight is 453 g/mol. The lowest BCUT2D eigenvalue weighted by molar-refractivity contribution is 0.0474. The largest absolute Gasteiger partial charge is 0.465 e. The minimum absolute atomic E-state index is 0.124. The van der Waals surface area contributed by atoms with Crippen LogP contribution in [0.3, 0.4) is 0 Å². The number of nitrogens with zero attached hydrogens (tertiary/aromatic N) is 3. The van der Waals surface area contributed by atoms with Gasteiger partial charge in [0.2, 0.25) is 5.78 Å². The Morgan fingerprint density at radius 2 is 1.81 bits per heavy atom. The quantitative estimate of drug-likeness (QED) is 0.313. The Balaban J connectivity index is 1.56. The van der Waals surface area contributed by atoms with Crippen molar-refractivity contribution in [2.45, 2.75) is 0 Å². The van der Waals surface area contributed by atoms with Crippen molar-refractivity contribution in [1.29, 1.82) is 0 Å². The molecule has 4 rings (SSSR count). The van der Waals surface area contributed by atoms with E-state index in [9.17, 15) is 18.8 Å². The number of carbonyl (C=O) groups is 3. The van der Waals surface area contributed by atoms with Crippen molar-refractivity contribution in [2.75, 3.05) is 13.7 Å². The van der Waals surface area contributed by atoms with Crippen LogP contribution in [0, 0.1) is 5.82 Å². The molecule has 0 aliphatic carbocycles. The van der Waals surface area contributed by atoms with E-state index in [0.29, 0.717) is 11.5 Å². The number of ketones is 1. The summed E-state index contributed by atoms with van der Waals surface area (Å²) in [6, 6.07) is 10.6. The minimum atomic E-state index is -0.751. The second kappa shape index (κ2) is 8.98. The molecule has 0 bridgehead atoms. The summed E-state index contributed by atoms with van der Waals surface area (Å²) in [5.74, 6) is -1.78. The van der Waals surface area contributed by atoms with Crippen molar-refractivity contribution < 1.29 is 28.2 Å². The predicted molar refractivity (Wildman–Crippen MR) is 113 cm³/mol. The molecule has 0 aliphatic rings. The topological polar surface area (TPSA) is 92.4 Å². The molecule has 0 amide bonds. The lowest BCUT2D eigenvalue weighted by atomic mass is 10.2. The van der Waals surface area contributed by atoms with Gasteiger partial charge in [-0.1, -0.05) is 0 Å². The molecule has 0 aliphatic heterocycles. The summed E-state index contributed by atoms with van der Waals surface area (Å²) in [5, 5.41) is 5.75. The first kappa shape index (κ1) is 21.2. The predicted octanol–water partition coefficient (Wildman–Crippen LogP) is 3.69. The fourth-order valence-electron chi connectivity index (χ4n) is 2.96. The van der Waals surface area contributed by atoms with Gasteiger partial charge in [-0.15, -0.1) is 11.3 Å². The van der Waals surface area contributed by atoms with Gasteiger partial charge in [0, 0.05) is 23.3 Å². The Labute approximate surface area is 185 Å². The van der Waals surface area contributed by atoms with E-state index in [4.69, 9.17) is 4.74 Å². The summed E-state index contributed by atoms with van der Waals surface area (Å²) in [7, 11) is 1.25. The third-order valence-electron chi connectivity index (χ3n) is 4.53. The van der Waals surface area contributed by atoms with Crippen LogP contribution in [-0.2, 0) is 9.47 Å². The summed E-state index contributed by atoms with van der Waals surface area (Å²) in [4.78, 5) is 37.0. The van der Waals surface area contributed by atoms with Gasteiger partial charge in [0.15, 0.2) is 12.4 Å². The molecule has 0 saturated heterocycles. The molecule has 8 nitrogen and oxygen atoms in total. The maximum Gasteiger partial charge on any atom is 0.348 e. The number of aromatic nitrogens is 3. The first-order valence-electron chi connectivity index (χ1n) is 9.32. The Morgan fingerprint density at radius 3 is 2.50 bits per heavy atom. The highest BCUT2D eigenvalue weighted by Gasteiger charge is 2.23. The number of benzene rings is 1. The van der Waals surface area contributed by atoms with Gasteiger partial charge in [0.1, 0.15) is 16.3 Å².